The van der Waals surface area contributed by atoms with Crippen molar-refractivity contribution in [2.75, 3.05) is 19.6 Å². The van der Waals surface area contributed by atoms with Gasteiger partial charge in [-0.15, -0.1) is 24.0 Å². The summed E-state index contributed by atoms with van der Waals surface area (Å²) in [5.74, 6) is 2.11. The zero-order chi connectivity index (χ0) is 15.5. The van der Waals surface area contributed by atoms with E-state index in [1.54, 1.807) is 0 Å². The molecule has 5 nitrogen and oxygen atoms in total. The first-order valence-corrected chi connectivity index (χ1v) is 8.19. The Morgan fingerprint density at radius 3 is 2.50 bits per heavy atom. The van der Waals surface area contributed by atoms with Crippen LogP contribution in [0.1, 0.15) is 40.5 Å². The first-order valence-electron chi connectivity index (χ1n) is 8.19. The Bertz CT molecular complexity index is 387. The molecule has 6 heteroatoms. The fourth-order valence-electron chi connectivity index (χ4n) is 2.19. The highest BCUT2D eigenvalue weighted by atomic mass is 127. The van der Waals surface area contributed by atoms with Crippen molar-refractivity contribution in [2.45, 2.75) is 47.1 Å². The smallest absolute Gasteiger partial charge is 0.191 e. The van der Waals surface area contributed by atoms with Crippen molar-refractivity contribution >= 4 is 29.9 Å². The molecule has 1 aromatic rings. The first kappa shape index (κ1) is 21.2. The quantitative estimate of drug-likeness (QED) is 0.366. The fraction of sp³-hybridized carbons (Fsp3) is 0.750. The van der Waals surface area contributed by atoms with E-state index in [0.29, 0.717) is 5.92 Å². The minimum Gasteiger partial charge on any atom is -0.357 e. The molecule has 22 heavy (non-hydrogen) atoms. The molecule has 0 aliphatic heterocycles. The highest BCUT2D eigenvalue weighted by molar-refractivity contribution is 14.0. The molecule has 1 atom stereocenters. The largest absolute Gasteiger partial charge is 0.357 e. The topological polar surface area (TPSA) is 54.2 Å². The average Bonchev–Trinajstić information content (AvgIpc) is 2.98. The third-order valence-electron chi connectivity index (χ3n) is 3.68. The van der Waals surface area contributed by atoms with Crippen LogP contribution in [0, 0.1) is 11.8 Å². The molecule has 0 radical (unpaired) electrons. The Hall–Kier alpha value is -0.790. The van der Waals surface area contributed by atoms with Gasteiger partial charge in [-0.1, -0.05) is 33.6 Å². The predicted octanol–water partition coefficient (Wildman–Crippen LogP) is 3.13. The van der Waals surface area contributed by atoms with Crippen LogP contribution < -0.4 is 10.6 Å². The molecule has 0 spiro atoms. The van der Waals surface area contributed by atoms with Gasteiger partial charge in [0.2, 0.25) is 0 Å². The van der Waals surface area contributed by atoms with Crippen LogP contribution in [0.3, 0.4) is 0 Å². The number of rotatable bonds is 9. The Morgan fingerprint density at radius 2 is 1.95 bits per heavy atom. The van der Waals surface area contributed by atoms with Gasteiger partial charge in [0.1, 0.15) is 0 Å². The molecule has 0 aliphatic rings. The molecule has 0 fully saturated rings. The van der Waals surface area contributed by atoms with Gasteiger partial charge in [-0.05, 0) is 24.8 Å². The number of aromatic nitrogens is 2. The number of hydrogen-bond donors (Lipinski definition) is 2. The Morgan fingerprint density at radius 1 is 1.23 bits per heavy atom. The number of hydrogen-bond acceptors (Lipinski definition) is 2. The van der Waals surface area contributed by atoms with Crippen molar-refractivity contribution in [3.05, 3.63) is 18.5 Å². The molecule has 0 aromatic carbocycles. The molecule has 1 heterocycles. The van der Waals surface area contributed by atoms with E-state index in [0.717, 1.165) is 38.1 Å². The van der Waals surface area contributed by atoms with Crippen molar-refractivity contribution < 1.29 is 0 Å². The third kappa shape index (κ3) is 8.60. The summed E-state index contributed by atoms with van der Waals surface area (Å²) in [5, 5.41) is 11.0. The monoisotopic (exact) mass is 421 g/mol. The van der Waals surface area contributed by atoms with Gasteiger partial charge >= 0.3 is 0 Å². The molecule has 1 rings (SSSR count). The van der Waals surface area contributed by atoms with Crippen LogP contribution in [-0.4, -0.2) is 35.4 Å². The number of aliphatic imine (C=N–C) groups is 1. The van der Waals surface area contributed by atoms with Gasteiger partial charge in [-0.25, -0.2) is 0 Å². The second-order valence-electron chi connectivity index (χ2n) is 5.62. The van der Waals surface area contributed by atoms with Crippen LogP contribution in [0.25, 0.3) is 0 Å². The average molecular weight is 421 g/mol. The molecule has 0 bridgehead atoms. The highest BCUT2D eigenvalue weighted by Gasteiger charge is 2.06. The van der Waals surface area contributed by atoms with E-state index in [1.165, 1.54) is 12.8 Å². The van der Waals surface area contributed by atoms with E-state index in [4.69, 9.17) is 0 Å². The SMILES string of the molecule is CCNC(=NCC(C)Cn1cccn1)NCC(CC)CC.I. The molecule has 0 saturated heterocycles. The molecule has 1 aromatic heterocycles. The Labute approximate surface area is 152 Å². The van der Waals surface area contributed by atoms with Gasteiger partial charge in [0.15, 0.2) is 5.96 Å². The lowest BCUT2D eigenvalue weighted by atomic mass is 10.0. The maximum absolute atomic E-state index is 4.69. The lowest BCUT2D eigenvalue weighted by molar-refractivity contribution is 0.455. The van der Waals surface area contributed by atoms with Crippen LogP contribution in [0.4, 0.5) is 0 Å². The van der Waals surface area contributed by atoms with Gasteiger partial charge in [0, 0.05) is 38.6 Å². The van der Waals surface area contributed by atoms with Gasteiger partial charge in [0.05, 0.1) is 0 Å². The molecule has 128 valence electrons. The van der Waals surface area contributed by atoms with Crippen LogP contribution in [-0.2, 0) is 6.54 Å². The van der Waals surface area contributed by atoms with Crippen molar-refractivity contribution in [1.29, 1.82) is 0 Å². The standard InChI is InChI=1S/C16H31N5.HI/c1-5-15(6-2)12-19-16(17-7-3)18-11-14(4)13-21-10-8-9-20-21;/h8-10,14-15H,5-7,11-13H2,1-4H3,(H2,17,18,19);1H. The molecule has 2 N–H and O–H groups in total. The summed E-state index contributed by atoms with van der Waals surface area (Å²) in [6.45, 7) is 12.4. The van der Waals surface area contributed by atoms with Crippen molar-refractivity contribution in [3.8, 4) is 0 Å². The second kappa shape index (κ2) is 12.7. The fourth-order valence-corrected chi connectivity index (χ4v) is 2.19. The molecule has 0 aliphatic carbocycles. The zero-order valence-electron chi connectivity index (χ0n) is 14.4. The van der Waals surface area contributed by atoms with Crippen LogP contribution in [0.15, 0.2) is 23.5 Å². The highest BCUT2D eigenvalue weighted by Crippen LogP contribution is 2.05. The predicted molar refractivity (Wildman–Crippen MR) is 105 cm³/mol. The third-order valence-corrected chi connectivity index (χ3v) is 3.68. The van der Waals surface area contributed by atoms with Crippen molar-refractivity contribution in [2.24, 2.45) is 16.8 Å². The van der Waals surface area contributed by atoms with E-state index in [2.05, 4.69) is 48.4 Å². The minimum atomic E-state index is 0. The summed E-state index contributed by atoms with van der Waals surface area (Å²) in [5.41, 5.74) is 0. The molecule has 1 unspecified atom stereocenters. The zero-order valence-corrected chi connectivity index (χ0v) is 16.7. The lowest BCUT2D eigenvalue weighted by Crippen LogP contribution is -2.40. The van der Waals surface area contributed by atoms with Crippen LogP contribution >= 0.6 is 24.0 Å². The van der Waals surface area contributed by atoms with Gasteiger partial charge in [-0.3, -0.25) is 9.67 Å². The van der Waals surface area contributed by atoms with Gasteiger partial charge < -0.3 is 10.6 Å². The maximum atomic E-state index is 4.69. The summed E-state index contributed by atoms with van der Waals surface area (Å²) in [6, 6.07) is 1.96. The molecular weight excluding hydrogens is 389 g/mol. The van der Waals surface area contributed by atoms with E-state index in [-0.39, 0.29) is 24.0 Å². The van der Waals surface area contributed by atoms with Crippen LogP contribution in [0.2, 0.25) is 0 Å². The van der Waals surface area contributed by atoms with E-state index in [1.807, 2.05) is 23.1 Å². The van der Waals surface area contributed by atoms with Crippen molar-refractivity contribution in [3.63, 3.8) is 0 Å². The number of guanidine groups is 1. The molecule has 0 amide bonds. The number of halogens is 1. The number of nitrogens with one attached hydrogen (secondary N) is 2. The van der Waals surface area contributed by atoms with Crippen LogP contribution in [0.5, 0.6) is 0 Å². The van der Waals surface area contributed by atoms with E-state index in [9.17, 15) is 0 Å². The maximum Gasteiger partial charge on any atom is 0.191 e. The minimum absolute atomic E-state index is 0. The summed E-state index contributed by atoms with van der Waals surface area (Å²) in [4.78, 5) is 4.69. The van der Waals surface area contributed by atoms with Crippen molar-refractivity contribution in [1.82, 2.24) is 20.4 Å². The second-order valence-corrected chi connectivity index (χ2v) is 5.62. The van der Waals surface area contributed by atoms with Gasteiger partial charge in [-0.2, -0.15) is 5.10 Å². The summed E-state index contributed by atoms with van der Waals surface area (Å²) in [6.07, 6.45) is 6.23. The van der Waals surface area contributed by atoms with E-state index >= 15 is 0 Å². The Kier molecular flexibility index (Phi) is 12.3. The summed E-state index contributed by atoms with van der Waals surface area (Å²) in [7, 11) is 0. The normalized spacial score (nSPS) is 12.9. The summed E-state index contributed by atoms with van der Waals surface area (Å²) >= 11 is 0. The van der Waals surface area contributed by atoms with E-state index < -0.39 is 0 Å². The summed E-state index contributed by atoms with van der Waals surface area (Å²) < 4.78 is 1.96. The first-order chi connectivity index (χ1) is 10.2. The van der Waals surface area contributed by atoms with Gasteiger partial charge in [0.25, 0.3) is 0 Å². The molecular formula is C16H32IN5. The lowest BCUT2D eigenvalue weighted by Gasteiger charge is -2.17. The molecule has 0 saturated carbocycles. The Balaban J connectivity index is 0.00000441. The number of nitrogens with zero attached hydrogens (tertiary/aromatic N) is 3.